The third-order valence-corrected chi connectivity index (χ3v) is 7.47. The molecule has 0 saturated carbocycles. The van der Waals surface area contributed by atoms with Crippen molar-refractivity contribution in [3.8, 4) is 0 Å². The van der Waals surface area contributed by atoms with E-state index in [9.17, 15) is 59.4 Å². The molecule has 51 heavy (non-hydrogen) atoms. The van der Waals surface area contributed by atoms with Crippen LogP contribution in [0.5, 0.6) is 0 Å². The quantitative estimate of drug-likeness (QED) is 0.173. The molecule has 23 heteroatoms. The van der Waals surface area contributed by atoms with E-state index >= 15 is 0 Å². The molecule has 0 bridgehead atoms. The molecule has 2 heterocycles. The zero-order valence-electron chi connectivity index (χ0n) is 29.3. The number of carboxylic acid groups (broad SMARTS) is 6. The van der Waals surface area contributed by atoms with Gasteiger partial charge in [0, 0.05) is 144 Å². The molecule has 2 saturated heterocycles. The van der Waals surface area contributed by atoms with E-state index in [0.29, 0.717) is 105 Å². The van der Waals surface area contributed by atoms with Crippen molar-refractivity contribution in [3.63, 3.8) is 0 Å². The summed E-state index contributed by atoms with van der Waals surface area (Å²) in [7, 11) is 0. The molecule has 2 rings (SSSR count). The summed E-state index contributed by atoms with van der Waals surface area (Å²) >= 11 is 0. The summed E-state index contributed by atoms with van der Waals surface area (Å²) in [6.07, 6.45) is 0. The Morgan fingerprint density at radius 3 is 0.588 bits per heavy atom. The van der Waals surface area contributed by atoms with Crippen LogP contribution in [0.2, 0.25) is 0 Å². The summed E-state index contributed by atoms with van der Waals surface area (Å²) in [4.78, 5) is 74.8. The SMILES string of the molecule is O=C([O-])CN1CCNCCN(CC(=O)[O-])CCN(CC(=O)[O-])CC1.O=C([O-])CN1CCNCCN(CC(=O)[O-])CCN(CC(=O)[O-])CC1.[Ca+2].[Ca+2].[Ca+2]. The van der Waals surface area contributed by atoms with Gasteiger partial charge < -0.3 is 70.0 Å². The number of nitrogens with zero attached hydrogens (tertiary/aromatic N) is 6. The molecular formula is C28H46Ca3N8O12. The molecule has 0 aliphatic carbocycles. The third-order valence-electron chi connectivity index (χ3n) is 7.47. The van der Waals surface area contributed by atoms with Gasteiger partial charge in [0.1, 0.15) is 0 Å². The molecule has 0 spiro atoms. The van der Waals surface area contributed by atoms with Gasteiger partial charge in [0.2, 0.25) is 0 Å². The number of hydrogen-bond acceptors (Lipinski definition) is 20. The largest absolute Gasteiger partial charge is 2.00 e. The van der Waals surface area contributed by atoms with Crippen LogP contribution in [0.15, 0.2) is 0 Å². The smallest absolute Gasteiger partial charge is 0.549 e. The van der Waals surface area contributed by atoms with E-state index in [4.69, 9.17) is 0 Å². The van der Waals surface area contributed by atoms with Crippen LogP contribution in [0.3, 0.4) is 0 Å². The maximum atomic E-state index is 10.9. The van der Waals surface area contributed by atoms with Crippen LogP contribution < -0.4 is 41.3 Å². The van der Waals surface area contributed by atoms with Crippen molar-refractivity contribution in [1.29, 1.82) is 0 Å². The van der Waals surface area contributed by atoms with E-state index in [0.717, 1.165) is 0 Å². The molecule has 0 aromatic carbocycles. The van der Waals surface area contributed by atoms with Crippen molar-refractivity contribution < 1.29 is 59.4 Å². The third kappa shape index (κ3) is 32.3. The van der Waals surface area contributed by atoms with Crippen LogP contribution in [0, 0.1) is 0 Å². The molecule has 20 nitrogen and oxygen atoms in total. The Bertz CT molecular complexity index is 901. The van der Waals surface area contributed by atoms with Crippen LogP contribution in [0.1, 0.15) is 0 Å². The first kappa shape index (κ1) is 55.6. The van der Waals surface area contributed by atoms with Crippen LogP contribution in [0.25, 0.3) is 0 Å². The molecule has 0 aromatic rings. The van der Waals surface area contributed by atoms with E-state index in [1.807, 2.05) is 0 Å². The Balaban J connectivity index is -0.000000853. The Labute approximate surface area is 387 Å². The minimum Gasteiger partial charge on any atom is -0.549 e. The predicted octanol–water partition coefficient (Wildman–Crippen LogP) is -13.7. The van der Waals surface area contributed by atoms with Crippen LogP contribution in [0.4, 0.5) is 0 Å². The molecule has 2 aliphatic heterocycles. The van der Waals surface area contributed by atoms with Crippen molar-refractivity contribution in [2.24, 2.45) is 0 Å². The molecule has 0 amide bonds. The molecule has 0 aromatic heterocycles. The standard InChI is InChI=1S/2C14H26N4O6.3Ca/c2*19-12(20)9-16-3-1-15-2-4-17(10-13(21)22)6-8-18(7-5-16)11-14(23)24;;;/h2*15H,1-11H2,(H,19,20)(H,21,22)(H,23,24);;;/q;;3*+2/p-6. The zero-order valence-corrected chi connectivity index (χ0v) is 35.9. The maximum absolute atomic E-state index is 10.9. The Kier molecular flexibility index (Phi) is 36.6. The van der Waals surface area contributed by atoms with Gasteiger partial charge in [-0.1, -0.05) is 0 Å². The van der Waals surface area contributed by atoms with Gasteiger partial charge in [-0.15, -0.1) is 0 Å². The van der Waals surface area contributed by atoms with Gasteiger partial charge in [-0.2, -0.15) is 0 Å². The monoisotopic (exact) mass is 806 g/mol. The summed E-state index contributed by atoms with van der Waals surface area (Å²) in [5, 5.41) is 71.1. The first-order valence-electron chi connectivity index (χ1n) is 15.7. The number of hydrogen-bond donors (Lipinski definition) is 2. The number of carbonyl (C=O) groups excluding carboxylic acids is 6. The Morgan fingerprint density at radius 2 is 0.451 bits per heavy atom. The average molecular weight is 807 g/mol. The Hall–Kier alpha value is 0.279. The second-order valence-electron chi connectivity index (χ2n) is 11.4. The van der Waals surface area contributed by atoms with Crippen molar-refractivity contribution in [2.75, 3.05) is 144 Å². The predicted molar refractivity (Wildman–Crippen MR) is 172 cm³/mol. The second kappa shape index (κ2) is 33.6. The van der Waals surface area contributed by atoms with Crippen LogP contribution in [-0.4, -0.2) is 322 Å². The van der Waals surface area contributed by atoms with Crippen molar-refractivity contribution in [3.05, 3.63) is 0 Å². The fraction of sp³-hybridized carbons (Fsp3) is 0.786. The fourth-order valence-corrected chi connectivity index (χ4v) is 5.05. The van der Waals surface area contributed by atoms with Gasteiger partial charge >= 0.3 is 113 Å². The fourth-order valence-electron chi connectivity index (χ4n) is 5.05. The molecule has 0 atom stereocenters. The van der Waals surface area contributed by atoms with Crippen molar-refractivity contribution in [2.45, 2.75) is 0 Å². The van der Waals surface area contributed by atoms with Crippen LogP contribution in [-0.2, 0) is 28.8 Å². The van der Waals surface area contributed by atoms with Crippen LogP contribution >= 0.6 is 0 Å². The van der Waals surface area contributed by atoms with Gasteiger partial charge in [-0.05, 0) is 0 Å². The van der Waals surface area contributed by atoms with E-state index in [2.05, 4.69) is 10.6 Å². The molecule has 2 fully saturated rings. The van der Waals surface area contributed by atoms with Gasteiger partial charge in [0.25, 0.3) is 0 Å². The number of aliphatic carboxylic acids is 6. The number of nitrogens with one attached hydrogen (secondary N) is 2. The van der Waals surface area contributed by atoms with Crippen molar-refractivity contribution >= 4 is 149 Å². The van der Waals surface area contributed by atoms with Gasteiger partial charge in [-0.25, -0.2) is 0 Å². The minimum absolute atomic E-state index is 0. The zero-order chi connectivity index (χ0) is 35.9. The number of carboxylic acids is 6. The second-order valence-corrected chi connectivity index (χ2v) is 11.4. The van der Waals surface area contributed by atoms with E-state index < -0.39 is 35.8 Å². The van der Waals surface area contributed by atoms with Gasteiger partial charge in [0.15, 0.2) is 0 Å². The summed E-state index contributed by atoms with van der Waals surface area (Å²) in [6.45, 7) is 5.31. The number of rotatable bonds is 12. The number of carbonyl (C=O) groups is 6. The van der Waals surface area contributed by atoms with Crippen molar-refractivity contribution in [1.82, 2.24) is 40.0 Å². The summed E-state index contributed by atoms with van der Waals surface area (Å²) < 4.78 is 0. The maximum Gasteiger partial charge on any atom is 2.00 e. The molecule has 0 radical (unpaired) electrons. The summed E-state index contributed by atoms with van der Waals surface area (Å²) in [5.41, 5.74) is 0. The topological polar surface area (TPSA) is 284 Å². The summed E-state index contributed by atoms with van der Waals surface area (Å²) in [5.74, 6) is -7.21. The molecule has 0 unspecified atom stereocenters. The average Bonchev–Trinajstić information content (AvgIpc) is 2.95. The minimum atomic E-state index is -1.23. The van der Waals surface area contributed by atoms with E-state index in [1.165, 1.54) is 0 Å². The van der Waals surface area contributed by atoms with E-state index in [-0.39, 0.29) is 152 Å². The summed E-state index contributed by atoms with van der Waals surface area (Å²) in [6, 6.07) is 0. The van der Waals surface area contributed by atoms with E-state index in [1.54, 1.807) is 29.4 Å². The normalized spacial score (nSPS) is 18.8. The molecular weight excluding hydrogens is 761 g/mol. The molecule has 276 valence electrons. The van der Waals surface area contributed by atoms with Gasteiger partial charge in [0.05, 0.1) is 35.8 Å². The first-order valence-corrected chi connectivity index (χ1v) is 15.7. The molecule has 2 N–H and O–H groups in total. The molecule has 2 aliphatic rings. The van der Waals surface area contributed by atoms with Gasteiger partial charge in [-0.3, -0.25) is 29.4 Å². The first-order chi connectivity index (χ1) is 22.7. The Morgan fingerprint density at radius 1 is 0.314 bits per heavy atom.